The maximum atomic E-state index is 13.8. The average Bonchev–Trinajstić information content (AvgIpc) is 2.80. The molecule has 130 valence electrons. The van der Waals surface area contributed by atoms with Gasteiger partial charge in [0.25, 0.3) is 0 Å². The zero-order valence-electron chi connectivity index (χ0n) is 14.5. The van der Waals surface area contributed by atoms with Crippen molar-refractivity contribution in [2.24, 2.45) is 5.92 Å². The van der Waals surface area contributed by atoms with Gasteiger partial charge in [-0.1, -0.05) is 19.8 Å². The minimum atomic E-state index is -0.863. The van der Waals surface area contributed by atoms with Gasteiger partial charge in [0.15, 0.2) is 0 Å². The zero-order chi connectivity index (χ0) is 17.3. The van der Waals surface area contributed by atoms with Gasteiger partial charge in [-0.25, -0.2) is 4.39 Å². The van der Waals surface area contributed by atoms with Gasteiger partial charge in [0, 0.05) is 16.6 Å². The molecule has 2 aromatic rings. The molecule has 1 aliphatic rings. The maximum absolute atomic E-state index is 13.8. The fraction of sp³-hybridized carbons (Fsp3) is 0.550. The summed E-state index contributed by atoms with van der Waals surface area (Å²) < 4.78 is 15.6. The van der Waals surface area contributed by atoms with Crippen LogP contribution in [0.3, 0.4) is 0 Å². The van der Waals surface area contributed by atoms with Crippen LogP contribution in [-0.4, -0.2) is 15.6 Å². The van der Waals surface area contributed by atoms with Crippen LogP contribution in [0.4, 0.5) is 4.39 Å². The molecule has 0 spiro atoms. The Balaban J connectivity index is 1.99. The molecule has 3 nitrogen and oxygen atoms in total. The molecule has 1 N–H and O–H groups in total. The van der Waals surface area contributed by atoms with E-state index in [1.54, 1.807) is 12.1 Å². The quantitative estimate of drug-likeness (QED) is 0.813. The van der Waals surface area contributed by atoms with Crippen LogP contribution in [0.5, 0.6) is 0 Å². The van der Waals surface area contributed by atoms with Gasteiger partial charge >= 0.3 is 5.97 Å². The maximum Gasteiger partial charge on any atom is 0.323 e. The van der Waals surface area contributed by atoms with Gasteiger partial charge in [-0.3, -0.25) is 4.79 Å². The van der Waals surface area contributed by atoms with E-state index in [1.807, 2.05) is 11.5 Å². The lowest BCUT2D eigenvalue weighted by Crippen LogP contribution is -2.15. The summed E-state index contributed by atoms with van der Waals surface area (Å²) in [6.07, 6.45) is 7.21. The highest BCUT2D eigenvalue weighted by molar-refractivity contribution is 5.87. The van der Waals surface area contributed by atoms with E-state index in [2.05, 4.69) is 6.92 Å². The molecule has 4 heteroatoms. The lowest BCUT2D eigenvalue weighted by atomic mass is 9.76. The number of halogens is 1. The average molecular weight is 331 g/mol. The molecular formula is C20H26FNO2. The standard InChI is InChI=1S/C20H26FNO2/c1-3-4-14-5-7-15(8-6-14)20-13(2)22(12-19(23)24)18-10-9-16(21)11-17(18)20/h9-11,14-15H,3-8,12H2,1-2H3,(H,23,24). The summed E-state index contributed by atoms with van der Waals surface area (Å²) >= 11 is 0. The predicted octanol–water partition coefficient (Wildman–Crippen LogP) is 5.25. The molecule has 1 heterocycles. The second kappa shape index (κ2) is 6.96. The third-order valence-corrected chi connectivity index (χ3v) is 5.58. The van der Waals surface area contributed by atoms with Gasteiger partial charge in [0.2, 0.25) is 0 Å². The molecular weight excluding hydrogens is 305 g/mol. The Kier molecular flexibility index (Phi) is 4.93. The normalized spacial score (nSPS) is 21.3. The zero-order valence-corrected chi connectivity index (χ0v) is 14.5. The van der Waals surface area contributed by atoms with Gasteiger partial charge in [-0.15, -0.1) is 0 Å². The molecule has 1 aliphatic carbocycles. The molecule has 0 bridgehead atoms. The summed E-state index contributed by atoms with van der Waals surface area (Å²) in [5.74, 6) is 0.113. The van der Waals surface area contributed by atoms with Crippen molar-refractivity contribution in [2.75, 3.05) is 0 Å². The molecule has 3 rings (SSSR count). The fourth-order valence-electron chi connectivity index (χ4n) is 4.48. The van der Waals surface area contributed by atoms with E-state index in [9.17, 15) is 14.3 Å². The van der Waals surface area contributed by atoms with Crippen LogP contribution in [0.2, 0.25) is 0 Å². The number of hydrogen-bond donors (Lipinski definition) is 1. The number of carboxylic acids is 1. The number of aromatic nitrogens is 1. The van der Waals surface area contributed by atoms with Crippen molar-refractivity contribution >= 4 is 16.9 Å². The monoisotopic (exact) mass is 331 g/mol. The smallest absolute Gasteiger partial charge is 0.323 e. The number of carbonyl (C=O) groups is 1. The van der Waals surface area contributed by atoms with E-state index in [0.29, 0.717) is 5.92 Å². The SMILES string of the molecule is CCCC1CCC(c2c(C)n(CC(=O)O)c3ccc(F)cc23)CC1. The first kappa shape index (κ1) is 17.0. The molecule has 24 heavy (non-hydrogen) atoms. The van der Waals surface area contributed by atoms with Gasteiger partial charge < -0.3 is 9.67 Å². The number of carboxylic acid groups (broad SMARTS) is 1. The third kappa shape index (κ3) is 3.19. The summed E-state index contributed by atoms with van der Waals surface area (Å²) in [7, 11) is 0. The lowest BCUT2D eigenvalue weighted by molar-refractivity contribution is -0.137. The number of hydrogen-bond acceptors (Lipinski definition) is 1. The van der Waals surface area contributed by atoms with Crippen LogP contribution in [0.25, 0.3) is 10.9 Å². The van der Waals surface area contributed by atoms with Crippen molar-refractivity contribution in [3.63, 3.8) is 0 Å². The van der Waals surface area contributed by atoms with Gasteiger partial charge in [-0.2, -0.15) is 0 Å². The summed E-state index contributed by atoms with van der Waals surface area (Å²) in [5, 5.41) is 10.1. The Morgan fingerprint density at radius 2 is 2.00 bits per heavy atom. The highest BCUT2D eigenvalue weighted by Crippen LogP contribution is 2.42. The first-order valence-corrected chi connectivity index (χ1v) is 9.01. The first-order chi connectivity index (χ1) is 11.5. The minimum absolute atomic E-state index is 0.0703. The molecule has 1 fully saturated rings. The number of aliphatic carboxylic acids is 1. The van der Waals surface area contributed by atoms with Crippen molar-refractivity contribution < 1.29 is 14.3 Å². The highest BCUT2D eigenvalue weighted by Gasteiger charge is 2.27. The predicted molar refractivity (Wildman–Crippen MR) is 93.9 cm³/mol. The van der Waals surface area contributed by atoms with Crippen molar-refractivity contribution in [3.8, 4) is 0 Å². The van der Waals surface area contributed by atoms with E-state index in [0.717, 1.165) is 35.4 Å². The molecule has 1 saturated carbocycles. The van der Waals surface area contributed by atoms with Gasteiger partial charge in [0.1, 0.15) is 12.4 Å². The molecule has 1 aromatic carbocycles. The van der Waals surface area contributed by atoms with Gasteiger partial charge in [0.05, 0.1) is 0 Å². The second-order valence-electron chi connectivity index (χ2n) is 7.15. The lowest BCUT2D eigenvalue weighted by Gasteiger charge is -2.29. The van der Waals surface area contributed by atoms with Gasteiger partial charge in [-0.05, 0) is 68.2 Å². The third-order valence-electron chi connectivity index (χ3n) is 5.58. The molecule has 0 aliphatic heterocycles. The van der Waals surface area contributed by atoms with Crippen LogP contribution >= 0.6 is 0 Å². The summed E-state index contributed by atoms with van der Waals surface area (Å²) in [6, 6.07) is 4.71. The molecule has 0 atom stereocenters. The number of benzene rings is 1. The second-order valence-corrected chi connectivity index (χ2v) is 7.15. The van der Waals surface area contributed by atoms with E-state index in [4.69, 9.17) is 0 Å². The largest absolute Gasteiger partial charge is 0.480 e. The van der Waals surface area contributed by atoms with E-state index >= 15 is 0 Å². The Hall–Kier alpha value is -1.84. The van der Waals surface area contributed by atoms with Crippen LogP contribution in [0, 0.1) is 18.7 Å². The van der Waals surface area contributed by atoms with Crippen molar-refractivity contribution in [1.29, 1.82) is 0 Å². The first-order valence-electron chi connectivity index (χ1n) is 9.01. The van der Waals surface area contributed by atoms with Crippen LogP contribution in [-0.2, 0) is 11.3 Å². The van der Waals surface area contributed by atoms with E-state index < -0.39 is 5.97 Å². The van der Waals surface area contributed by atoms with Crippen molar-refractivity contribution in [2.45, 2.75) is 64.8 Å². The molecule has 1 aromatic heterocycles. The van der Waals surface area contributed by atoms with Crippen LogP contribution in [0.1, 0.15) is 62.6 Å². The summed E-state index contributed by atoms with van der Waals surface area (Å²) in [5.41, 5.74) is 2.99. The van der Waals surface area contributed by atoms with Crippen molar-refractivity contribution in [1.82, 2.24) is 4.57 Å². The highest BCUT2D eigenvalue weighted by atomic mass is 19.1. The Morgan fingerprint density at radius 1 is 1.29 bits per heavy atom. The fourth-order valence-corrected chi connectivity index (χ4v) is 4.48. The van der Waals surface area contributed by atoms with Crippen LogP contribution < -0.4 is 0 Å². The van der Waals surface area contributed by atoms with E-state index in [1.165, 1.54) is 37.3 Å². The molecule has 0 amide bonds. The number of fused-ring (bicyclic) bond motifs is 1. The van der Waals surface area contributed by atoms with Crippen molar-refractivity contribution in [3.05, 3.63) is 35.3 Å². The Morgan fingerprint density at radius 3 is 2.62 bits per heavy atom. The number of rotatable bonds is 5. The molecule has 0 saturated heterocycles. The number of nitrogens with zero attached hydrogens (tertiary/aromatic N) is 1. The topological polar surface area (TPSA) is 42.2 Å². The molecule has 0 radical (unpaired) electrons. The summed E-state index contributed by atoms with van der Waals surface area (Å²) in [6.45, 7) is 4.14. The van der Waals surface area contributed by atoms with E-state index in [-0.39, 0.29) is 12.4 Å². The summed E-state index contributed by atoms with van der Waals surface area (Å²) in [4.78, 5) is 11.2. The molecule has 0 unspecified atom stereocenters. The van der Waals surface area contributed by atoms with Crippen LogP contribution in [0.15, 0.2) is 18.2 Å². The Bertz CT molecular complexity index is 742. The Labute approximate surface area is 142 Å². The minimum Gasteiger partial charge on any atom is -0.480 e.